The van der Waals surface area contributed by atoms with Crippen LogP contribution in [0.3, 0.4) is 0 Å². The van der Waals surface area contributed by atoms with Crippen LogP contribution in [0.4, 0.5) is 11.4 Å². The number of rotatable bonds is 2. The summed E-state index contributed by atoms with van der Waals surface area (Å²) in [5.74, 6) is 0.770. The number of benzene rings is 2. The zero-order valence-corrected chi connectivity index (χ0v) is 14.0. The highest BCUT2D eigenvalue weighted by Crippen LogP contribution is 2.39. The zero-order chi connectivity index (χ0) is 16.5. The van der Waals surface area contributed by atoms with Crippen molar-refractivity contribution in [2.75, 3.05) is 16.4 Å². The monoisotopic (exact) mass is 338 g/mol. The second kappa shape index (κ2) is 6.32. The van der Waals surface area contributed by atoms with E-state index < -0.39 is 0 Å². The van der Waals surface area contributed by atoms with Crippen molar-refractivity contribution in [2.24, 2.45) is 0 Å². The van der Waals surface area contributed by atoms with E-state index in [1.54, 1.807) is 11.8 Å². The number of aryl methyl sites for hydroxylation is 1. The van der Waals surface area contributed by atoms with Crippen LogP contribution in [0.1, 0.15) is 29.9 Å². The van der Waals surface area contributed by atoms with Gasteiger partial charge in [-0.25, -0.2) is 0 Å². The van der Waals surface area contributed by atoms with Gasteiger partial charge in [-0.2, -0.15) is 0 Å². The van der Waals surface area contributed by atoms with Gasteiger partial charge in [0.05, 0.1) is 5.92 Å². The van der Waals surface area contributed by atoms with E-state index in [0.717, 1.165) is 41.1 Å². The summed E-state index contributed by atoms with van der Waals surface area (Å²) in [6.45, 7) is 0. The molecule has 2 amide bonds. The first-order valence-corrected chi connectivity index (χ1v) is 9.14. The van der Waals surface area contributed by atoms with Crippen molar-refractivity contribution in [2.45, 2.75) is 30.1 Å². The Balaban J connectivity index is 1.53. The number of nitrogens with one attached hydrogen (secondary N) is 2. The molecule has 122 valence electrons. The Kier molecular flexibility index (Phi) is 4.02. The maximum absolute atomic E-state index is 12.7. The van der Waals surface area contributed by atoms with Gasteiger partial charge in [-0.05, 0) is 48.2 Å². The molecule has 0 aromatic heterocycles. The second-order valence-electron chi connectivity index (χ2n) is 6.16. The third-order valence-electron chi connectivity index (χ3n) is 4.51. The van der Waals surface area contributed by atoms with Crippen molar-refractivity contribution in [3.63, 3.8) is 0 Å². The molecular weight excluding hydrogens is 320 g/mol. The molecule has 0 aliphatic carbocycles. The predicted octanol–water partition coefficient (Wildman–Crippen LogP) is 3.79. The van der Waals surface area contributed by atoms with E-state index in [1.807, 2.05) is 36.4 Å². The maximum Gasteiger partial charge on any atom is 0.232 e. The number of amides is 2. The van der Waals surface area contributed by atoms with Crippen molar-refractivity contribution >= 4 is 35.0 Å². The lowest BCUT2D eigenvalue weighted by Gasteiger charge is -2.14. The van der Waals surface area contributed by atoms with Gasteiger partial charge < -0.3 is 10.6 Å². The summed E-state index contributed by atoms with van der Waals surface area (Å²) in [7, 11) is 0. The molecule has 2 aliphatic rings. The quantitative estimate of drug-likeness (QED) is 0.876. The molecule has 2 aromatic carbocycles. The second-order valence-corrected chi connectivity index (χ2v) is 7.23. The van der Waals surface area contributed by atoms with E-state index in [0.29, 0.717) is 6.42 Å². The van der Waals surface area contributed by atoms with Gasteiger partial charge in [-0.3, -0.25) is 9.59 Å². The number of hydrogen-bond donors (Lipinski definition) is 2. The minimum absolute atomic E-state index is 0.0325. The summed E-state index contributed by atoms with van der Waals surface area (Å²) in [5, 5.41) is 5.96. The number of carbonyl (C=O) groups excluding carboxylic acids is 2. The van der Waals surface area contributed by atoms with Crippen LogP contribution < -0.4 is 10.6 Å². The summed E-state index contributed by atoms with van der Waals surface area (Å²) in [4.78, 5) is 25.5. The highest BCUT2D eigenvalue weighted by Gasteiger charge is 2.29. The molecule has 4 rings (SSSR count). The standard InChI is InChI=1S/C19H18N2O2S/c22-18-7-3-4-12-10-13(8-9-16(12)21-18)20-19(23)15-11-24-17-6-2-1-5-14(15)17/h1-2,5-6,8-10,15H,3-4,7,11H2,(H,20,23)(H,21,22)/t15-/m0/s1. The minimum atomic E-state index is -0.107. The summed E-state index contributed by atoms with van der Waals surface area (Å²) in [6, 6.07) is 13.8. The minimum Gasteiger partial charge on any atom is -0.326 e. The lowest BCUT2D eigenvalue weighted by molar-refractivity contribution is -0.117. The molecule has 2 heterocycles. The van der Waals surface area contributed by atoms with Gasteiger partial charge in [0.25, 0.3) is 0 Å². The molecule has 2 N–H and O–H groups in total. The molecule has 0 saturated carbocycles. The van der Waals surface area contributed by atoms with Crippen molar-refractivity contribution in [1.29, 1.82) is 0 Å². The van der Waals surface area contributed by atoms with Crippen LogP contribution in [0.25, 0.3) is 0 Å². The Morgan fingerprint density at radius 2 is 2.04 bits per heavy atom. The van der Waals surface area contributed by atoms with E-state index in [1.165, 1.54) is 4.90 Å². The number of carbonyl (C=O) groups is 2. The SMILES string of the molecule is O=C1CCCc2cc(NC(=O)[C@H]3CSc4ccccc43)ccc2N1. The number of hydrogen-bond acceptors (Lipinski definition) is 3. The lowest BCUT2D eigenvalue weighted by Crippen LogP contribution is -2.21. The molecule has 24 heavy (non-hydrogen) atoms. The molecule has 0 unspecified atom stereocenters. The first kappa shape index (κ1) is 15.3. The number of anilines is 2. The van der Waals surface area contributed by atoms with Crippen molar-refractivity contribution in [3.8, 4) is 0 Å². The van der Waals surface area contributed by atoms with Gasteiger partial charge >= 0.3 is 0 Å². The normalized spacial score (nSPS) is 19.0. The lowest BCUT2D eigenvalue weighted by atomic mass is 10.00. The highest BCUT2D eigenvalue weighted by atomic mass is 32.2. The molecule has 0 bridgehead atoms. The van der Waals surface area contributed by atoms with Gasteiger partial charge in [-0.1, -0.05) is 18.2 Å². The molecule has 5 heteroatoms. The average Bonchev–Trinajstić information content (AvgIpc) is 2.92. The van der Waals surface area contributed by atoms with E-state index in [2.05, 4.69) is 16.7 Å². The van der Waals surface area contributed by atoms with E-state index >= 15 is 0 Å². The van der Waals surface area contributed by atoms with Crippen LogP contribution in [-0.4, -0.2) is 17.6 Å². The topological polar surface area (TPSA) is 58.2 Å². The van der Waals surface area contributed by atoms with Crippen molar-refractivity contribution in [1.82, 2.24) is 0 Å². The van der Waals surface area contributed by atoms with Crippen LogP contribution in [0, 0.1) is 0 Å². The van der Waals surface area contributed by atoms with E-state index in [9.17, 15) is 9.59 Å². The molecule has 0 fully saturated rings. The van der Waals surface area contributed by atoms with Crippen LogP contribution in [0.2, 0.25) is 0 Å². The maximum atomic E-state index is 12.7. The summed E-state index contributed by atoms with van der Waals surface area (Å²) < 4.78 is 0. The number of fused-ring (bicyclic) bond motifs is 2. The molecule has 0 saturated heterocycles. The molecule has 0 spiro atoms. The van der Waals surface area contributed by atoms with Gasteiger partial charge in [0, 0.05) is 28.4 Å². The molecule has 0 radical (unpaired) electrons. The van der Waals surface area contributed by atoms with Crippen LogP contribution in [0.15, 0.2) is 47.4 Å². The molecule has 2 aromatic rings. The van der Waals surface area contributed by atoms with Crippen molar-refractivity contribution < 1.29 is 9.59 Å². The molecular formula is C19H18N2O2S. The summed E-state index contributed by atoms with van der Waals surface area (Å²) >= 11 is 1.73. The Morgan fingerprint density at radius 1 is 1.17 bits per heavy atom. The van der Waals surface area contributed by atoms with E-state index in [4.69, 9.17) is 0 Å². The Labute approximate surface area is 145 Å². The van der Waals surface area contributed by atoms with Crippen molar-refractivity contribution in [3.05, 3.63) is 53.6 Å². The Morgan fingerprint density at radius 3 is 2.96 bits per heavy atom. The largest absolute Gasteiger partial charge is 0.326 e. The van der Waals surface area contributed by atoms with E-state index in [-0.39, 0.29) is 17.7 Å². The number of thioether (sulfide) groups is 1. The van der Waals surface area contributed by atoms with Crippen LogP contribution >= 0.6 is 11.8 Å². The first-order chi connectivity index (χ1) is 11.7. The summed E-state index contributed by atoms with van der Waals surface area (Å²) in [6.07, 6.45) is 2.23. The predicted molar refractivity (Wildman–Crippen MR) is 96.5 cm³/mol. The smallest absolute Gasteiger partial charge is 0.232 e. The molecule has 4 nitrogen and oxygen atoms in total. The fraction of sp³-hybridized carbons (Fsp3) is 0.263. The Hall–Kier alpha value is -2.27. The molecule has 2 aliphatic heterocycles. The third-order valence-corrected chi connectivity index (χ3v) is 5.70. The highest BCUT2D eigenvalue weighted by molar-refractivity contribution is 7.99. The Bertz CT molecular complexity index is 819. The van der Waals surface area contributed by atoms with Crippen LogP contribution in [0.5, 0.6) is 0 Å². The van der Waals surface area contributed by atoms with Gasteiger partial charge in [0.15, 0.2) is 0 Å². The average molecular weight is 338 g/mol. The summed E-state index contributed by atoms with van der Waals surface area (Å²) in [5.41, 5.74) is 3.85. The van der Waals surface area contributed by atoms with Crippen LogP contribution in [-0.2, 0) is 16.0 Å². The zero-order valence-electron chi connectivity index (χ0n) is 13.2. The fourth-order valence-electron chi connectivity index (χ4n) is 3.26. The third kappa shape index (κ3) is 2.91. The molecule has 1 atom stereocenters. The van der Waals surface area contributed by atoms with Gasteiger partial charge in [0.1, 0.15) is 0 Å². The van der Waals surface area contributed by atoms with Gasteiger partial charge in [-0.15, -0.1) is 11.8 Å². The fourth-order valence-corrected chi connectivity index (χ4v) is 4.49. The van der Waals surface area contributed by atoms with Gasteiger partial charge in [0.2, 0.25) is 11.8 Å². The first-order valence-electron chi connectivity index (χ1n) is 8.16.